The van der Waals surface area contributed by atoms with Gasteiger partial charge in [0.05, 0.1) is 0 Å². The Bertz CT molecular complexity index is 350. The summed E-state index contributed by atoms with van der Waals surface area (Å²) in [6, 6.07) is 2.19. The summed E-state index contributed by atoms with van der Waals surface area (Å²) in [5.74, 6) is 0.626. The zero-order chi connectivity index (χ0) is 10.3. The van der Waals surface area contributed by atoms with Crippen LogP contribution < -0.4 is 0 Å². The van der Waals surface area contributed by atoms with Gasteiger partial charge in [0.15, 0.2) is 0 Å². The maximum Gasteiger partial charge on any atom is 0.0494 e. The molecule has 0 N–H and O–H groups in total. The van der Waals surface area contributed by atoms with Gasteiger partial charge in [-0.25, -0.2) is 0 Å². The Kier molecular flexibility index (Phi) is 2.13. The largest absolute Gasteiger partial charge is 0.260 e. The predicted molar refractivity (Wildman–Crippen MR) is 59.7 cm³/mol. The maximum atomic E-state index is 4.56. The second-order valence-corrected chi connectivity index (χ2v) is 5.27. The van der Waals surface area contributed by atoms with Gasteiger partial charge in [-0.15, -0.1) is 0 Å². The van der Waals surface area contributed by atoms with Crippen molar-refractivity contribution in [3.05, 3.63) is 29.1 Å². The molecule has 1 nitrogen and oxygen atoms in total. The van der Waals surface area contributed by atoms with Crippen LogP contribution in [-0.4, -0.2) is 4.98 Å². The van der Waals surface area contributed by atoms with Gasteiger partial charge in [0, 0.05) is 17.3 Å². The summed E-state index contributed by atoms with van der Waals surface area (Å²) in [5.41, 5.74) is 4.65. The smallest absolute Gasteiger partial charge is 0.0494 e. The lowest BCUT2D eigenvalue weighted by molar-refractivity contribution is 0.509. The van der Waals surface area contributed by atoms with E-state index in [0.29, 0.717) is 11.3 Å². The molecule has 1 aliphatic rings. The van der Waals surface area contributed by atoms with E-state index in [2.05, 4.69) is 38.7 Å². The zero-order valence-corrected chi connectivity index (χ0v) is 9.59. The lowest BCUT2D eigenvalue weighted by atomic mass is 9.89. The molecule has 0 bridgehead atoms. The summed E-state index contributed by atoms with van der Waals surface area (Å²) in [6.45, 7) is 9.13. The molecule has 0 saturated heterocycles. The molecule has 0 aromatic carbocycles. The van der Waals surface area contributed by atoms with E-state index in [1.54, 1.807) is 0 Å². The van der Waals surface area contributed by atoms with Gasteiger partial charge < -0.3 is 0 Å². The van der Waals surface area contributed by atoms with Crippen LogP contribution in [0.3, 0.4) is 0 Å². The van der Waals surface area contributed by atoms with Crippen LogP contribution in [0.4, 0.5) is 0 Å². The lowest BCUT2D eigenvalue weighted by Crippen LogP contribution is -2.14. The molecule has 76 valence electrons. The van der Waals surface area contributed by atoms with Crippen molar-refractivity contribution in [2.45, 2.75) is 51.9 Å². The molecule has 1 heteroatoms. The fourth-order valence-electron chi connectivity index (χ4n) is 2.45. The van der Waals surface area contributed by atoms with E-state index in [-0.39, 0.29) is 0 Å². The first-order valence-corrected chi connectivity index (χ1v) is 5.50. The first-order valence-electron chi connectivity index (χ1n) is 5.50. The lowest BCUT2D eigenvalue weighted by Gasteiger charge is -2.18. The highest BCUT2D eigenvalue weighted by molar-refractivity contribution is 5.40. The van der Waals surface area contributed by atoms with Gasteiger partial charge >= 0.3 is 0 Å². The van der Waals surface area contributed by atoms with E-state index >= 15 is 0 Å². The standard InChI is InChI=1S/C13H19N/c1-9(2)10-6-8-14-12-11(10)5-7-13(12,3)4/h6,8-9H,5,7H2,1-4H3. The molecule has 0 radical (unpaired) electrons. The van der Waals surface area contributed by atoms with Crippen molar-refractivity contribution in [2.24, 2.45) is 0 Å². The van der Waals surface area contributed by atoms with E-state index in [1.807, 2.05) is 6.20 Å². The maximum absolute atomic E-state index is 4.56. The van der Waals surface area contributed by atoms with Crippen molar-refractivity contribution in [3.63, 3.8) is 0 Å². The average Bonchev–Trinajstić information content (AvgIpc) is 2.42. The monoisotopic (exact) mass is 189 g/mol. The van der Waals surface area contributed by atoms with Crippen molar-refractivity contribution in [1.82, 2.24) is 4.98 Å². The van der Waals surface area contributed by atoms with Gasteiger partial charge in [-0.05, 0) is 36.0 Å². The third-order valence-corrected chi connectivity index (χ3v) is 3.36. The van der Waals surface area contributed by atoms with Crippen LogP contribution in [0.2, 0.25) is 0 Å². The summed E-state index contributed by atoms with van der Waals surface area (Å²) < 4.78 is 0. The minimum atomic E-state index is 0.292. The molecule has 0 saturated carbocycles. The van der Waals surface area contributed by atoms with Crippen LogP contribution in [0.25, 0.3) is 0 Å². The predicted octanol–water partition coefficient (Wildman–Crippen LogP) is 3.43. The van der Waals surface area contributed by atoms with Crippen molar-refractivity contribution in [1.29, 1.82) is 0 Å². The third-order valence-electron chi connectivity index (χ3n) is 3.36. The molecule has 0 fully saturated rings. The van der Waals surface area contributed by atoms with Gasteiger partial charge in [-0.1, -0.05) is 27.7 Å². The van der Waals surface area contributed by atoms with Crippen LogP contribution in [-0.2, 0) is 11.8 Å². The molecule has 0 aliphatic heterocycles. The van der Waals surface area contributed by atoms with E-state index in [4.69, 9.17) is 0 Å². The first kappa shape index (κ1) is 9.70. The van der Waals surface area contributed by atoms with Crippen molar-refractivity contribution < 1.29 is 0 Å². The number of rotatable bonds is 1. The summed E-state index contributed by atoms with van der Waals surface area (Å²) in [5, 5.41) is 0. The first-order chi connectivity index (χ1) is 6.52. The highest BCUT2D eigenvalue weighted by atomic mass is 14.7. The van der Waals surface area contributed by atoms with Gasteiger partial charge in [-0.2, -0.15) is 0 Å². The molecule has 1 aromatic rings. The molecule has 1 aliphatic carbocycles. The molecule has 1 aromatic heterocycles. The van der Waals surface area contributed by atoms with Gasteiger partial charge in [0.25, 0.3) is 0 Å². The second-order valence-electron chi connectivity index (χ2n) is 5.27. The number of fused-ring (bicyclic) bond motifs is 1. The van der Waals surface area contributed by atoms with Crippen LogP contribution in [0.15, 0.2) is 12.3 Å². The molecule has 0 amide bonds. The second kappa shape index (κ2) is 3.08. The van der Waals surface area contributed by atoms with Crippen molar-refractivity contribution >= 4 is 0 Å². The van der Waals surface area contributed by atoms with E-state index in [1.165, 1.54) is 29.7 Å². The van der Waals surface area contributed by atoms with Crippen molar-refractivity contribution in [3.8, 4) is 0 Å². The minimum Gasteiger partial charge on any atom is -0.260 e. The third kappa shape index (κ3) is 1.35. The van der Waals surface area contributed by atoms with Crippen LogP contribution in [0.1, 0.15) is 56.9 Å². The highest BCUT2D eigenvalue weighted by Gasteiger charge is 2.32. The Hall–Kier alpha value is -0.850. The van der Waals surface area contributed by atoms with Crippen LogP contribution >= 0.6 is 0 Å². The van der Waals surface area contributed by atoms with Crippen LogP contribution in [0.5, 0.6) is 0 Å². The minimum absolute atomic E-state index is 0.292. The average molecular weight is 189 g/mol. The summed E-state index contributed by atoms with van der Waals surface area (Å²) in [7, 11) is 0. The summed E-state index contributed by atoms with van der Waals surface area (Å²) >= 11 is 0. The molecule has 0 atom stereocenters. The molecule has 2 rings (SSSR count). The Morgan fingerprint density at radius 3 is 2.71 bits per heavy atom. The van der Waals surface area contributed by atoms with Crippen molar-refractivity contribution in [2.75, 3.05) is 0 Å². The van der Waals surface area contributed by atoms with E-state index < -0.39 is 0 Å². The topological polar surface area (TPSA) is 12.9 Å². The van der Waals surface area contributed by atoms with E-state index in [9.17, 15) is 0 Å². The number of pyridine rings is 1. The Labute approximate surface area is 86.6 Å². The SMILES string of the molecule is CC(C)c1ccnc2c1CCC2(C)C. The number of hydrogen-bond acceptors (Lipinski definition) is 1. The molecular formula is C13H19N. The Morgan fingerprint density at radius 1 is 1.36 bits per heavy atom. The highest BCUT2D eigenvalue weighted by Crippen LogP contribution is 2.39. The number of hydrogen-bond donors (Lipinski definition) is 0. The fraction of sp³-hybridized carbons (Fsp3) is 0.615. The Balaban J connectivity index is 2.56. The Morgan fingerprint density at radius 2 is 2.07 bits per heavy atom. The van der Waals surface area contributed by atoms with Gasteiger partial charge in [0.1, 0.15) is 0 Å². The number of aromatic nitrogens is 1. The quantitative estimate of drug-likeness (QED) is 0.659. The number of nitrogens with zero attached hydrogens (tertiary/aromatic N) is 1. The zero-order valence-electron chi connectivity index (χ0n) is 9.59. The molecular weight excluding hydrogens is 170 g/mol. The normalized spacial score (nSPS) is 18.6. The molecule has 14 heavy (non-hydrogen) atoms. The fourth-order valence-corrected chi connectivity index (χ4v) is 2.45. The van der Waals surface area contributed by atoms with E-state index in [0.717, 1.165) is 0 Å². The van der Waals surface area contributed by atoms with Gasteiger partial charge in [0.2, 0.25) is 0 Å². The molecule has 1 heterocycles. The van der Waals surface area contributed by atoms with Crippen LogP contribution in [0, 0.1) is 0 Å². The summed E-state index contributed by atoms with van der Waals surface area (Å²) in [6.07, 6.45) is 4.43. The molecule has 0 spiro atoms. The van der Waals surface area contributed by atoms with Gasteiger partial charge in [-0.3, -0.25) is 4.98 Å². The molecule has 0 unspecified atom stereocenters. The summed E-state index contributed by atoms with van der Waals surface area (Å²) in [4.78, 5) is 4.56.